The topological polar surface area (TPSA) is 58.0 Å². The molecule has 1 aliphatic rings. The molecule has 0 bridgehead atoms. The summed E-state index contributed by atoms with van der Waals surface area (Å²) >= 11 is 0. The molecule has 2 unspecified atom stereocenters. The molecule has 2 N–H and O–H groups in total. The Kier molecular flexibility index (Phi) is 3.94. The van der Waals surface area contributed by atoms with Gasteiger partial charge in [-0.1, -0.05) is 20.3 Å². The molecule has 2 atom stereocenters. The Bertz CT molecular complexity index is 367. The van der Waals surface area contributed by atoms with Gasteiger partial charge in [-0.2, -0.15) is 0 Å². The largest absolute Gasteiger partial charge is 0.396 e. The predicted molar refractivity (Wildman–Crippen MR) is 68.0 cm³/mol. The van der Waals surface area contributed by atoms with E-state index in [4.69, 9.17) is 0 Å². The molecule has 0 aliphatic heterocycles. The molecule has 4 heteroatoms. The van der Waals surface area contributed by atoms with E-state index in [1.165, 1.54) is 6.42 Å². The van der Waals surface area contributed by atoms with Crippen LogP contribution < -0.4 is 5.32 Å². The molecular formula is C13H21N3O. The highest BCUT2D eigenvalue weighted by atomic mass is 16.3. The fraction of sp³-hybridized carbons (Fsp3) is 0.692. The van der Waals surface area contributed by atoms with Crippen molar-refractivity contribution in [2.24, 2.45) is 5.92 Å². The van der Waals surface area contributed by atoms with E-state index < -0.39 is 0 Å². The van der Waals surface area contributed by atoms with Gasteiger partial charge in [0.25, 0.3) is 0 Å². The SMILES string of the molecule is CC(C)c1cc(NC2CCCC2CO)ncn1. The first kappa shape index (κ1) is 12.3. The normalized spacial score (nSPS) is 24.2. The van der Waals surface area contributed by atoms with Gasteiger partial charge < -0.3 is 10.4 Å². The first-order valence-electron chi connectivity index (χ1n) is 6.40. The zero-order valence-corrected chi connectivity index (χ0v) is 10.6. The maximum Gasteiger partial charge on any atom is 0.129 e. The summed E-state index contributed by atoms with van der Waals surface area (Å²) in [5.74, 6) is 1.66. The lowest BCUT2D eigenvalue weighted by Gasteiger charge is -2.19. The minimum absolute atomic E-state index is 0.264. The third kappa shape index (κ3) is 2.94. The number of hydrogen-bond donors (Lipinski definition) is 2. The molecule has 1 aliphatic carbocycles. The summed E-state index contributed by atoms with van der Waals surface area (Å²) in [4.78, 5) is 8.50. The van der Waals surface area contributed by atoms with E-state index in [1.54, 1.807) is 6.33 Å². The van der Waals surface area contributed by atoms with Crippen molar-refractivity contribution in [3.05, 3.63) is 18.1 Å². The molecule has 1 fully saturated rings. The van der Waals surface area contributed by atoms with Crippen LogP contribution in [0, 0.1) is 5.92 Å². The second-order valence-corrected chi connectivity index (χ2v) is 5.11. The molecule has 1 heterocycles. The van der Waals surface area contributed by atoms with Gasteiger partial charge in [-0.15, -0.1) is 0 Å². The van der Waals surface area contributed by atoms with E-state index in [9.17, 15) is 5.11 Å². The second kappa shape index (κ2) is 5.45. The average molecular weight is 235 g/mol. The molecule has 0 saturated heterocycles. The monoisotopic (exact) mass is 235 g/mol. The molecule has 0 spiro atoms. The minimum atomic E-state index is 0.264. The summed E-state index contributed by atoms with van der Waals surface area (Å²) in [6.07, 6.45) is 5.02. The van der Waals surface area contributed by atoms with Gasteiger partial charge in [0.2, 0.25) is 0 Å². The van der Waals surface area contributed by atoms with Gasteiger partial charge in [0.1, 0.15) is 12.1 Å². The van der Waals surface area contributed by atoms with Crippen LogP contribution >= 0.6 is 0 Å². The number of aromatic nitrogens is 2. The summed E-state index contributed by atoms with van der Waals surface area (Å²) in [6.45, 7) is 4.51. The van der Waals surface area contributed by atoms with Crippen LogP contribution in [0.25, 0.3) is 0 Å². The van der Waals surface area contributed by atoms with Crippen LogP contribution in [-0.4, -0.2) is 27.7 Å². The van der Waals surface area contributed by atoms with Gasteiger partial charge in [0.05, 0.1) is 0 Å². The van der Waals surface area contributed by atoms with Crippen molar-refractivity contribution in [2.75, 3.05) is 11.9 Å². The fourth-order valence-corrected chi connectivity index (χ4v) is 2.40. The summed E-state index contributed by atoms with van der Waals surface area (Å²) in [5, 5.41) is 12.7. The zero-order valence-electron chi connectivity index (χ0n) is 10.6. The van der Waals surface area contributed by atoms with Crippen LogP contribution in [0.1, 0.15) is 44.7 Å². The minimum Gasteiger partial charge on any atom is -0.396 e. The number of aliphatic hydroxyl groups excluding tert-OH is 1. The lowest BCUT2D eigenvalue weighted by atomic mass is 10.1. The molecule has 0 aromatic carbocycles. The van der Waals surface area contributed by atoms with Crippen molar-refractivity contribution in [2.45, 2.75) is 45.1 Å². The Balaban J connectivity index is 2.05. The molecule has 0 radical (unpaired) electrons. The number of nitrogens with zero attached hydrogens (tertiary/aromatic N) is 2. The van der Waals surface area contributed by atoms with Gasteiger partial charge >= 0.3 is 0 Å². The Morgan fingerprint density at radius 2 is 2.24 bits per heavy atom. The lowest BCUT2D eigenvalue weighted by Crippen LogP contribution is -2.26. The smallest absolute Gasteiger partial charge is 0.129 e. The van der Waals surface area contributed by atoms with Gasteiger partial charge in [-0.25, -0.2) is 9.97 Å². The van der Waals surface area contributed by atoms with E-state index in [0.29, 0.717) is 17.9 Å². The highest BCUT2D eigenvalue weighted by Gasteiger charge is 2.26. The Labute approximate surface area is 102 Å². The summed E-state index contributed by atoms with van der Waals surface area (Å²) in [6, 6.07) is 2.37. The average Bonchev–Trinajstić information content (AvgIpc) is 2.76. The lowest BCUT2D eigenvalue weighted by molar-refractivity contribution is 0.222. The number of nitrogens with one attached hydrogen (secondary N) is 1. The van der Waals surface area contributed by atoms with Crippen molar-refractivity contribution >= 4 is 5.82 Å². The zero-order chi connectivity index (χ0) is 12.3. The van der Waals surface area contributed by atoms with Crippen molar-refractivity contribution in [3.8, 4) is 0 Å². The highest BCUT2D eigenvalue weighted by molar-refractivity contribution is 5.37. The van der Waals surface area contributed by atoms with Crippen LogP contribution in [0.4, 0.5) is 5.82 Å². The third-order valence-corrected chi connectivity index (χ3v) is 3.51. The van der Waals surface area contributed by atoms with Crippen molar-refractivity contribution in [1.82, 2.24) is 9.97 Å². The summed E-state index contributed by atoms with van der Waals surface area (Å²) in [7, 11) is 0. The molecule has 1 aromatic rings. The molecule has 0 amide bonds. The maximum absolute atomic E-state index is 9.28. The molecule has 4 nitrogen and oxygen atoms in total. The number of anilines is 1. The Morgan fingerprint density at radius 3 is 2.94 bits per heavy atom. The second-order valence-electron chi connectivity index (χ2n) is 5.11. The molecule has 2 rings (SSSR count). The third-order valence-electron chi connectivity index (χ3n) is 3.51. The molecule has 17 heavy (non-hydrogen) atoms. The van der Waals surface area contributed by atoms with Crippen molar-refractivity contribution < 1.29 is 5.11 Å². The van der Waals surface area contributed by atoms with Gasteiger partial charge in [0.15, 0.2) is 0 Å². The molecular weight excluding hydrogens is 214 g/mol. The van der Waals surface area contributed by atoms with Crippen LogP contribution in [-0.2, 0) is 0 Å². The Hall–Kier alpha value is -1.16. The van der Waals surface area contributed by atoms with E-state index in [-0.39, 0.29) is 6.61 Å². The van der Waals surface area contributed by atoms with Crippen LogP contribution in [0.3, 0.4) is 0 Å². The Morgan fingerprint density at radius 1 is 1.41 bits per heavy atom. The quantitative estimate of drug-likeness (QED) is 0.839. The number of hydrogen-bond acceptors (Lipinski definition) is 4. The maximum atomic E-state index is 9.28. The van der Waals surface area contributed by atoms with Crippen LogP contribution in [0.2, 0.25) is 0 Å². The predicted octanol–water partition coefficient (Wildman–Crippen LogP) is 2.17. The van der Waals surface area contributed by atoms with E-state index in [1.807, 2.05) is 6.07 Å². The molecule has 1 saturated carbocycles. The molecule has 1 aromatic heterocycles. The van der Waals surface area contributed by atoms with E-state index in [0.717, 1.165) is 24.4 Å². The van der Waals surface area contributed by atoms with Crippen LogP contribution in [0.5, 0.6) is 0 Å². The van der Waals surface area contributed by atoms with Crippen molar-refractivity contribution in [3.63, 3.8) is 0 Å². The van der Waals surface area contributed by atoms with Gasteiger partial charge in [-0.3, -0.25) is 0 Å². The van der Waals surface area contributed by atoms with Gasteiger partial charge in [0, 0.05) is 30.3 Å². The van der Waals surface area contributed by atoms with E-state index >= 15 is 0 Å². The number of rotatable bonds is 4. The first-order valence-corrected chi connectivity index (χ1v) is 6.40. The fourth-order valence-electron chi connectivity index (χ4n) is 2.40. The van der Waals surface area contributed by atoms with Crippen LogP contribution in [0.15, 0.2) is 12.4 Å². The molecule has 94 valence electrons. The first-order chi connectivity index (χ1) is 8.20. The highest BCUT2D eigenvalue weighted by Crippen LogP contribution is 2.28. The standard InChI is InChI=1S/C13H21N3O/c1-9(2)12-6-13(15-8-14-12)16-11-5-3-4-10(11)7-17/h6,8-11,17H,3-5,7H2,1-2H3,(H,14,15,16). The summed E-state index contributed by atoms with van der Waals surface area (Å²) < 4.78 is 0. The van der Waals surface area contributed by atoms with E-state index in [2.05, 4.69) is 29.1 Å². The number of aliphatic hydroxyl groups is 1. The van der Waals surface area contributed by atoms with Gasteiger partial charge in [-0.05, 0) is 18.8 Å². The summed E-state index contributed by atoms with van der Waals surface area (Å²) in [5.41, 5.74) is 1.06. The van der Waals surface area contributed by atoms with Crippen molar-refractivity contribution in [1.29, 1.82) is 0 Å².